The van der Waals surface area contributed by atoms with Gasteiger partial charge in [-0.3, -0.25) is 9.69 Å². The summed E-state index contributed by atoms with van der Waals surface area (Å²) in [6, 6.07) is 8.12. The van der Waals surface area contributed by atoms with Crippen molar-refractivity contribution in [1.29, 1.82) is 0 Å². The van der Waals surface area contributed by atoms with Crippen molar-refractivity contribution in [2.45, 2.75) is 25.8 Å². The molecule has 1 aliphatic heterocycles. The molecule has 0 saturated carbocycles. The molecule has 3 heterocycles. The van der Waals surface area contributed by atoms with E-state index in [0.29, 0.717) is 31.0 Å². The minimum atomic E-state index is -0.280. The molecule has 1 saturated heterocycles. The second-order valence-electron chi connectivity index (χ2n) is 7.72. The number of rotatable bonds is 6. The van der Waals surface area contributed by atoms with E-state index in [0.717, 1.165) is 29.7 Å². The maximum Gasteiger partial charge on any atom is 0.257 e. The van der Waals surface area contributed by atoms with Crippen LogP contribution in [0.25, 0.3) is 11.1 Å². The molecular formula is C22H25FN4O3. The van der Waals surface area contributed by atoms with Gasteiger partial charge < -0.3 is 14.6 Å². The monoisotopic (exact) mass is 412 g/mol. The van der Waals surface area contributed by atoms with Crippen LogP contribution in [0.4, 0.5) is 4.39 Å². The van der Waals surface area contributed by atoms with Crippen molar-refractivity contribution in [1.82, 2.24) is 20.4 Å². The predicted molar refractivity (Wildman–Crippen MR) is 110 cm³/mol. The van der Waals surface area contributed by atoms with E-state index in [4.69, 9.17) is 9.26 Å². The van der Waals surface area contributed by atoms with Crippen molar-refractivity contribution < 1.29 is 18.4 Å². The summed E-state index contributed by atoms with van der Waals surface area (Å²) >= 11 is 0. The zero-order valence-corrected chi connectivity index (χ0v) is 17.1. The van der Waals surface area contributed by atoms with Crippen LogP contribution >= 0.6 is 0 Å². The lowest BCUT2D eigenvalue weighted by Crippen LogP contribution is -2.43. The van der Waals surface area contributed by atoms with Crippen LogP contribution in [0, 0.1) is 5.82 Å². The highest BCUT2D eigenvalue weighted by atomic mass is 19.1. The van der Waals surface area contributed by atoms with Crippen LogP contribution in [0.2, 0.25) is 0 Å². The second kappa shape index (κ2) is 8.89. The molecule has 1 aliphatic rings. The highest BCUT2D eigenvalue weighted by molar-refractivity contribution is 5.97. The Hall–Kier alpha value is -2.84. The molecule has 1 fully saturated rings. The van der Waals surface area contributed by atoms with Crippen LogP contribution in [0.3, 0.4) is 0 Å². The quantitative estimate of drug-likeness (QED) is 0.669. The molecule has 0 bridgehead atoms. The first-order chi connectivity index (χ1) is 14.5. The maximum atomic E-state index is 13.4. The summed E-state index contributed by atoms with van der Waals surface area (Å²) in [4.78, 5) is 19.3. The predicted octanol–water partition coefficient (Wildman–Crippen LogP) is 3.29. The van der Waals surface area contributed by atoms with Crippen molar-refractivity contribution in [2.24, 2.45) is 0 Å². The number of hydrogen-bond donors (Lipinski definition) is 1. The van der Waals surface area contributed by atoms with Crippen LogP contribution in [-0.2, 0) is 4.74 Å². The molecule has 4 rings (SSSR count). The van der Waals surface area contributed by atoms with E-state index in [9.17, 15) is 9.18 Å². The Balaban J connectivity index is 1.52. The Morgan fingerprint density at radius 2 is 1.97 bits per heavy atom. The van der Waals surface area contributed by atoms with Gasteiger partial charge in [0, 0.05) is 25.8 Å². The number of aromatic nitrogens is 2. The first kappa shape index (κ1) is 20.4. The number of nitrogens with zero attached hydrogens (tertiary/aromatic N) is 3. The third-order valence-corrected chi connectivity index (χ3v) is 5.36. The van der Waals surface area contributed by atoms with Crippen LogP contribution < -0.4 is 5.32 Å². The largest absolute Gasteiger partial charge is 0.379 e. The number of amides is 1. The molecule has 3 aromatic rings. The fourth-order valence-electron chi connectivity index (χ4n) is 3.71. The van der Waals surface area contributed by atoms with E-state index in [1.54, 1.807) is 18.2 Å². The van der Waals surface area contributed by atoms with Crippen LogP contribution in [0.15, 0.2) is 41.1 Å². The van der Waals surface area contributed by atoms with Gasteiger partial charge in [0.25, 0.3) is 11.6 Å². The Labute approximate surface area is 174 Å². The summed E-state index contributed by atoms with van der Waals surface area (Å²) in [5.74, 6) is -0.339. The number of hydrogen-bond acceptors (Lipinski definition) is 6. The minimum Gasteiger partial charge on any atom is -0.379 e. The molecule has 1 aromatic carbocycles. The van der Waals surface area contributed by atoms with Gasteiger partial charge >= 0.3 is 0 Å². The molecule has 0 spiro atoms. The van der Waals surface area contributed by atoms with Gasteiger partial charge in [0.15, 0.2) is 0 Å². The van der Waals surface area contributed by atoms with Crippen LogP contribution in [0.5, 0.6) is 0 Å². The molecule has 2 aromatic heterocycles. The summed E-state index contributed by atoms with van der Waals surface area (Å²) in [7, 11) is 0. The lowest BCUT2D eigenvalue weighted by atomic mass is 10.0. The molecule has 7 nitrogen and oxygen atoms in total. The standard InChI is InChI=1S/C22H25FN4O3/c1-14(2)20-18-11-16(12-25-22(18)30-26-20)21(28)24-13-19(27-7-9-29-10-8-27)15-3-5-17(23)6-4-15/h3-6,11-12,14,19H,7-10,13H2,1-2H3,(H,24,28). The van der Waals surface area contributed by atoms with Crippen molar-refractivity contribution in [2.75, 3.05) is 32.8 Å². The van der Waals surface area contributed by atoms with Crippen LogP contribution in [0.1, 0.15) is 47.4 Å². The Morgan fingerprint density at radius 3 is 2.67 bits per heavy atom. The Bertz CT molecular complexity index is 1010. The lowest BCUT2D eigenvalue weighted by Gasteiger charge is -2.35. The number of carbonyl (C=O) groups excluding carboxylic acids is 1. The molecule has 1 atom stereocenters. The third-order valence-electron chi connectivity index (χ3n) is 5.36. The topological polar surface area (TPSA) is 80.5 Å². The van der Waals surface area contributed by atoms with Crippen LogP contribution in [-0.4, -0.2) is 53.8 Å². The number of ether oxygens (including phenoxy) is 1. The zero-order chi connectivity index (χ0) is 21.1. The summed E-state index contributed by atoms with van der Waals surface area (Å²) in [6.07, 6.45) is 1.49. The Morgan fingerprint density at radius 1 is 1.23 bits per heavy atom. The maximum absolute atomic E-state index is 13.4. The molecule has 1 unspecified atom stereocenters. The minimum absolute atomic E-state index is 0.0723. The smallest absolute Gasteiger partial charge is 0.257 e. The normalized spacial score (nSPS) is 16.1. The van der Waals surface area contributed by atoms with Gasteiger partial charge in [0.2, 0.25) is 0 Å². The summed E-state index contributed by atoms with van der Waals surface area (Å²) in [5.41, 5.74) is 2.61. The van der Waals surface area contributed by atoms with Crippen molar-refractivity contribution in [3.63, 3.8) is 0 Å². The number of carbonyl (C=O) groups is 1. The van der Waals surface area contributed by atoms with Gasteiger partial charge in [-0.25, -0.2) is 9.37 Å². The van der Waals surface area contributed by atoms with Gasteiger partial charge in [0.05, 0.1) is 35.9 Å². The average Bonchev–Trinajstić information content (AvgIpc) is 3.19. The number of pyridine rings is 1. The van der Waals surface area contributed by atoms with Crippen molar-refractivity contribution >= 4 is 17.0 Å². The van der Waals surface area contributed by atoms with Gasteiger partial charge in [-0.15, -0.1) is 0 Å². The molecule has 1 amide bonds. The number of halogens is 1. The first-order valence-corrected chi connectivity index (χ1v) is 10.1. The van der Waals surface area contributed by atoms with E-state index < -0.39 is 0 Å². The van der Waals surface area contributed by atoms with Gasteiger partial charge in [-0.1, -0.05) is 31.1 Å². The summed E-state index contributed by atoms with van der Waals surface area (Å²) in [6.45, 7) is 7.20. The molecule has 0 aliphatic carbocycles. The molecule has 8 heteroatoms. The summed E-state index contributed by atoms with van der Waals surface area (Å²) in [5, 5.41) is 7.82. The number of fused-ring (bicyclic) bond motifs is 1. The highest BCUT2D eigenvalue weighted by Gasteiger charge is 2.24. The van der Waals surface area contributed by atoms with Gasteiger partial charge in [0.1, 0.15) is 5.82 Å². The fourth-order valence-corrected chi connectivity index (χ4v) is 3.71. The molecule has 158 valence electrons. The van der Waals surface area contributed by atoms with Gasteiger partial charge in [-0.05, 0) is 29.7 Å². The van der Waals surface area contributed by atoms with Crippen molar-refractivity contribution in [3.05, 3.63) is 59.2 Å². The number of morpholine rings is 1. The average molecular weight is 412 g/mol. The number of benzene rings is 1. The van der Waals surface area contributed by atoms with E-state index in [1.807, 2.05) is 13.8 Å². The first-order valence-electron chi connectivity index (χ1n) is 10.1. The fraction of sp³-hybridized carbons (Fsp3) is 0.409. The number of nitrogens with one attached hydrogen (secondary N) is 1. The molecular weight excluding hydrogens is 387 g/mol. The lowest BCUT2D eigenvalue weighted by molar-refractivity contribution is 0.0162. The SMILES string of the molecule is CC(C)c1noc2ncc(C(=O)NCC(c3ccc(F)cc3)N3CCOCC3)cc12. The van der Waals surface area contributed by atoms with E-state index >= 15 is 0 Å². The Kier molecular flexibility index (Phi) is 6.06. The molecule has 0 radical (unpaired) electrons. The molecule has 30 heavy (non-hydrogen) atoms. The van der Waals surface area contributed by atoms with E-state index in [1.165, 1.54) is 18.3 Å². The summed E-state index contributed by atoms with van der Waals surface area (Å²) < 4.78 is 24.1. The van der Waals surface area contributed by atoms with Crippen molar-refractivity contribution in [3.8, 4) is 0 Å². The second-order valence-corrected chi connectivity index (χ2v) is 7.72. The zero-order valence-electron chi connectivity index (χ0n) is 17.1. The van der Waals surface area contributed by atoms with Gasteiger partial charge in [-0.2, -0.15) is 0 Å². The van der Waals surface area contributed by atoms with E-state index in [2.05, 4.69) is 20.4 Å². The molecule has 1 N–H and O–H groups in total. The third kappa shape index (κ3) is 4.34. The highest BCUT2D eigenvalue weighted by Crippen LogP contribution is 2.25. The van der Waals surface area contributed by atoms with E-state index in [-0.39, 0.29) is 23.7 Å².